The molecule has 0 N–H and O–H groups in total. The van der Waals surface area contributed by atoms with E-state index in [9.17, 15) is 14.9 Å². The number of ether oxygens (including phenoxy) is 1. The summed E-state index contributed by atoms with van der Waals surface area (Å²) in [5.41, 5.74) is 2.37. The molecule has 9 heteroatoms. The van der Waals surface area contributed by atoms with E-state index < -0.39 is 4.92 Å². The van der Waals surface area contributed by atoms with E-state index in [2.05, 4.69) is 4.90 Å². The summed E-state index contributed by atoms with van der Waals surface area (Å²) in [4.78, 5) is 32.1. The minimum Gasteiger partial charge on any atom is -0.494 e. The van der Waals surface area contributed by atoms with Gasteiger partial charge in [0, 0.05) is 24.8 Å². The third kappa shape index (κ3) is 5.49. The number of nitro benzene ring substituents is 1. The van der Waals surface area contributed by atoms with Crippen molar-refractivity contribution in [3.63, 3.8) is 0 Å². The van der Waals surface area contributed by atoms with Crippen molar-refractivity contribution in [1.29, 1.82) is 0 Å². The zero-order valence-electron chi connectivity index (χ0n) is 18.6. The van der Waals surface area contributed by atoms with E-state index >= 15 is 0 Å². The van der Waals surface area contributed by atoms with Crippen LogP contribution in [0.5, 0.6) is 5.75 Å². The molecular formula is C23H26N4O4S. The first-order chi connectivity index (χ1) is 15.3. The lowest BCUT2D eigenvalue weighted by atomic mass is 10.2. The van der Waals surface area contributed by atoms with Crippen LogP contribution in [-0.2, 0) is 4.79 Å². The normalized spacial score (nSPS) is 11.4. The fraction of sp³-hybridized carbons (Fsp3) is 0.304. The Hall–Kier alpha value is -3.30. The molecule has 0 bridgehead atoms. The summed E-state index contributed by atoms with van der Waals surface area (Å²) in [7, 11) is 5.57. The zero-order chi connectivity index (χ0) is 23.3. The molecule has 1 amide bonds. The number of methoxy groups -OCH3 is 1. The summed E-state index contributed by atoms with van der Waals surface area (Å²) in [5.74, 6) is 0.437. The molecular weight excluding hydrogens is 428 g/mol. The number of amides is 1. The highest BCUT2D eigenvalue weighted by Crippen LogP contribution is 2.36. The highest BCUT2D eigenvalue weighted by atomic mass is 32.1. The van der Waals surface area contributed by atoms with Crippen LogP contribution >= 0.6 is 11.3 Å². The number of carbonyl (C=O) groups is 1. The Kier molecular flexibility index (Phi) is 7.55. The summed E-state index contributed by atoms with van der Waals surface area (Å²) in [6.45, 7) is 3.33. The van der Waals surface area contributed by atoms with Gasteiger partial charge in [-0.25, -0.2) is 4.98 Å². The molecule has 3 rings (SSSR count). The molecule has 0 radical (unpaired) electrons. The van der Waals surface area contributed by atoms with Crippen LogP contribution in [0.4, 0.5) is 10.8 Å². The number of rotatable bonds is 9. The monoisotopic (exact) mass is 454 g/mol. The maximum atomic E-state index is 13.2. The highest BCUT2D eigenvalue weighted by molar-refractivity contribution is 7.22. The maximum Gasteiger partial charge on any atom is 0.270 e. The van der Waals surface area contributed by atoms with Gasteiger partial charge in [-0.3, -0.25) is 19.8 Å². The molecule has 2 aromatic carbocycles. The summed E-state index contributed by atoms with van der Waals surface area (Å²) in [6.07, 6.45) is 3.80. The number of hydrogen-bond acceptors (Lipinski definition) is 7. The lowest BCUT2D eigenvalue weighted by molar-refractivity contribution is -0.384. The molecule has 0 fully saturated rings. The Bertz CT molecular complexity index is 1160. The van der Waals surface area contributed by atoms with Gasteiger partial charge in [0.2, 0.25) is 0 Å². The van der Waals surface area contributed by atoms with E-state index in [1.54, 1.807) is 30.2 Å². The largest absolute Gasteiger partial charge is 0.494 e. The smallest absolute Gasteiger partial charge is 0.270 e. The molecule has 0 aliphatic heterocycles. The van der Waals surface area contributed by atoms with Crippen LogP contribution in [0.3, 0.4) is 0 Å². The second kappa shape index (κ2) is 10.3. The fourth-order valence-corrected chi connectivity index (χ4v) is 4.31. The van der Waals surface area contributed by atoms with Gasteiger partial charge in [0.25, 0.3) is 11.6 Å². The van der Waals surface area contributed by atoms with Crippen LogP contribution in [-0.4, -0.2) is 55.0 Å². The first kappa shape index (κ1) is 23.4. The van der Waals surface area contributed by atoms with E-state index in [0.717, 1.165) is 28.7 Å². The molecule has 0 spiro atoms. The van der Waals surface area contributed by atoms with Crippen molar-refractivity contribution in [2.45, 2.75) is 13.3 Å². The molecule has 0 atom stereocenters. The van der Waals surface area contributed by atoms with Gasteiger partial charge in [-0.1, -0.05) is 29.5 Å². The summed E-state index contributed by atoms with van der Waals surface area (Å²) in [6, 6.07) is 10.0. The van der Waals surface area contributed by atoms with Gasteiger partial charge in [-0.05, 0) is 57.3 Å². The SMILES string of the molecule is COc1ccc(C)c2sc(N(CCCN(C)C)C(=O)C=Cc3cccc([N+](=O)[O-])c3)nc12. The van der Waals surface area contributed by atoms with Crippen LogP contribution < -0.4 is 9.64 Å². The number of nitro groups is 1. The zero-order valence-corrected chi connectivity index (χ0v) is 19.4. The lowest BCUT2D eigenvalue weighted by Crippen LogP contribution is -2.32. The third-order valence-corrected chi connectivity index (χ3v) is 6.11. The Labute approximate surface area is 190 Å². The van der Waals surface area contributed by atoms with E-state index in [1.807, 2.05) is 33.2 Å². The average Bonchev–Trinajstić information content (AvgIpc) is 3.21. The Morgan fingerprint density at radius 1 is 1.25 bits per heavy atom. The summed E-state index contributed by atoms with van der Waals surface area (Å²) < 4.78 is 6.43. The first-order valence-electron chi connectivity index (χ1n) is 10.1. The molecule has 8 nitrogen and oxygen atoms in total. The van der Waals surface area contributed by atoms with E-state index in [0.29, 0.717) is 23.0 Å². The maximum absolute atomic E-state index is 13.2. The van der Waals surface area contributed by atoms with Gasteiger partial charge in [0.1, 0.15) is 11.3 Å². The summed E-state index contributed by atoms with van der Waals surface area (Å²) in [5, 5.41) is 11.6. The van der Waals surface area contributed by atoms with Crippen LogP contribution in [0.15, 0.2) is 42.5 Å². The number of carbonyl (C=O) groups excluding carboxylic acids is 1. The highest BCUT2D eigenvalue weighted by Gasteiger charge is 2.20. The fourth-order valence-electron chi connectivity index (χ4n) is 3.22. The van der Waals surface area contributed by atoms with Gasteiger partial charge in [0.05, 0.1) is 16.7 Å². The molecule has 32 heavy (non-hydrogen) atoms. The molecule has 168 valence electrons. The Morgan fingerprint density at radius 3 is 2.72 bits per heavy atom. The van der Waals surface area contributed by atoms with Crippen molar-refractivity contribution < 1.29 is 14.5 Å². The second-order valence-corrected chi connectivity index (χ2v) is 8.57. The van der Waals surface area contributed by atoms with Gasteiger partial charge < -0.3 is 9.64 Å². The summed E-state index contributed by atoms with van der Waals surface area (Å²) >= 11 is 1.45. The molecule has 0 saturated heterocycles. The van der Waals surface area contributed by atoms with Gasteiger partial charge in [-0.15, -0.1) is 0 Å². The minimum atomic E-state index is -0.455. The van der Waals surface area contributed by atoms with Gasteiger partial charge in [-0.2, -0.15) is 0 Å². The molecule has 0 aliphatic rings. The standard InChI is InChI=1S/C23H26N4O4S/c1-16-9-11-19(31-4)21-22(16)32-23(24-21)26(14-6-13-25(2)3)20(28)12-10-17-7-5-8-18(15-17)27(29)30/h5,7-12,15H,6,13-14H2,1-4H3. The Balaban J connectivity index is 1.92. The van der Waals surface area contributed by atoms with Crippen LogP contribution in [0, 0.1) is 17.0 Å². The van der Waals surface area contributed by atoms with E-state index in [4.69, 9.17) is 9.72 Å². The van der Waals surface area contributed by atoms with Crippen molar-refractivity contribution in [1.82, 2.24) is 9.88 Å². The van der Waals surface area contributed by atoms with Crippen molar-refractivity contribution in [2.24, 2.45) is 0 Å². The number of anilines is 1. The molecule has 1 heterocycles. The average molecular weight is 455 g/mol. The second-order valence-electron chi connectivity index (χ2n) is 7.59. The lowest BCUT2D eigenvalue weighted by Gasteiger charge is -2.19. The van der Waals surface area contributed by atoms with Crippen molar-refractivity contribution in [3.05, 3.63) is 63.7 Å². The topological polar surface area (TPSA) is 88.8 Å². The molecule has 0 aliphatic carbocycles. The molecule has 3 aromatic rings. The number of aromatic nitrogens is 1. The number of nitrogens with zero attached hydrogens (tertiary/aromatic N) is 4. The third-order valence-electron chi connectivity index (χ3n) is 4.90. The van der Waals surface area contributed by atoms with Gasteiger partial charge in [0.15, 0.2) is 5.13 Å². The van der Waals surface area contributed by atoms with Gasteiger partial charge >= 0.3 is 0 Å². The molecule has 0 unspecified atom stereocenters. The molecule has 1 aromatic heterocycles. The van der Waals surface area contributed by atoms with Crippen molar-refractivity contribution >= 4 is 44.4 Å². The van der Waals surface area contributed by atoms with Crippen LogP contribution in [0.2, 0.25) is 0 Å². The van der Waals surface area contributed by atoms with Crippen LogP contribution in [0.25, 0.3) is 16.3 Å². The Morgan fingerprint density at radius 2 is 2.03 bits per heavy atom. The predicted octanol–water partition coefficient (Wildman–Crippen LogP) is 4.52. The number of thiazole rings is 1. The van der Waals surface area contributed by atoms with Crippen molar-refractivity contribution in [2.75, 3.05) is 39.2 Å². The predicted molar refractivity (Wildman–Crippen MR) is 129 cm³/mol. The number of non-ortho nitro benzene ring substituents is 1. The van der Waals surface area contributed by atoms with Crippen molar-refractivity contribution in [3.8, 4) is 5.75 Å². The van der Waals surface area contributed by atoms with Crippen LogP contribution in [0.1, 0.15) is 17.5 Å². The number of fused-ring (bicyclic) bond motifs is 1. The van der Waals surface area contributed by atoms with E-state index in [1.165, 1.54) is 29.5 Å². The quantitative estimate of drug-likeness (QED) is 0.268. The number of aryl methyl sites for hydroxylation is 1. The molecule has 0 saturated carbocycles. The number of benzene rings is 2. The number of hydrogen-bond donors (Lipinski definition) is 0. The first-order valence-corrected chi connectivity index (χ1v) is 10.9. The van der Waals surface area contributed by atoms with E-state index in [-0.39, 0.29) is 11.6 Å². The minimum absolute atomic E-state index is 0.0174.